The van der Waals surface area contributed by atoms with E-state index in [2.05, 4.69) is 20.5 Å². The summed E-state index contributed by atoms with van der Waals surface area (Å²) in [5, 5.41) is 11.8. The number of amides is 1. The zero-order valence-corrected chi connectivity index (χ0v) is 14.0. The first kappa shape index (κ1) is 16.1. The van der Waals surface area contributed by atoms with Gasteiger partial charge < -0.3 is 5.32 Å². The SMILES string of the molecule is Cc1ccc(C(=O)Nc2ccc(SCc3ccncc3)nn2)cc1. The van der Waals surface area contributed by atoms with Crippen LogP contribution in [0.2, 0.25) is 0 Å². The number of aryl methyl sites for hydroxylation is 1. The number of pyridine rings is 1. The van der Waals surface area contributed by atoms with Gasteiger partial charge in [-0.25, -0.2) is 0 Å². The van der Waals surface area contributed by atoms with Crippen LogP contribution in [0.5, 0.6) is 0 Å². The Hall–Kier alpha value is -2.73. The van der Waals surface area contributed by atoms with Crippen molar-refractivity contribution in [2.24, 2.45) is 0 Å². The second-order valence-electron chi connectivity index (χ2n) is 5.22. The summed E-state index contributed by atoms with van der Waals surface area (Å²) >= 11 is 1.58. The molecule has 0 atom stereocenters. The summed E-state index contributed by atoms with van der Waals surface area (Å²) in [6.07, 6.45) is 3.54. The normalized spacial score (nSPS) is 10.4. The van der Waals surface area contributed by atoms with Crippen molar-refractivity contribution in [3.05, 3.63) is 77.6 Å². The van der Waals surface area contributed by atoms with E-state index in [1.807, 2.05) is 37.3 Å². The van der Waals surface area contributed by atoms with Crippen LogP contribution in [0.4, 0.5) is 5.82 Å². The molecule has 0 bridgehead atoms. The molecule has 120 valence electrons. The molecule has 3 aromatic rings. The molecule has 0 radical (unpaired) electrons. The lowest BCUT2D eigenvalue weighted by molar-refractivity contribution is 0.102. The Bertz CT molecular complexity index is 805. The molecule has 3 rings (SSSR count). The van der Waals surface area contributed by atoms with Gasteiger partial charge in [0.05, 0.1) is 0 Å². The first-order valence-electron chi connectivity index (χ1n) is 7.44. The Balaban J connectivity index is 1.58. The summed E-state index contributed by atoms with van der Waals surface area (Å²) in [4.78, 5) is 16.1. The predicted molar refractivity (Wildman–Crippen MR) is 95.0 cm³/mol. The summed E-state index contributed by atoms with van der Waals surface area (Å²) < 4.78 is 0. The predicted octanol–water partition coefficient (Wildman–Crippen LogP) is 3.72. The van der Waals surface area contributed by atoms with Crippen molar-refractivity contribution >= 4 is 23.5 Å². The van der Waals surface area contributed by atoms with Crippen LogP contribution in [0.15, 0.2) is 66.0 Å². The Morgan fingerprint density at radius 3 is 2.42 bits per heavy atom. The van der Waals surface area contributed by atoms with E-state index >= 15 is 0 Å². The van der Waals surface area contributed by atoms with Crippen LogP contribution < -0.4 is 5.32 Å². The fraction of sp³-hybridized carbons (Fsp3) is 0.111. The average Bonchev–Trinajstić information content (AvgIpc) is 2.62. The van der Waals surface area contributed by atoms with Gasteiger partial charge in [-0.15, -0.1) is 10.2 Å². The number of nitrogens with one attached hydrogen (secondary N) is 1. The summed E-state index contributed by atoms with van der Waals surface area (Å²) in [6.45, 7) is 1.98. The van der Waals surface area contributed by atoms with Crippen molar-refractivity contribution in [1.29, 1.82) is 0 Å². The van der Waals surface area contributed by atoms with E-state index in [0.717, 1.165) is 16.3 Å². The van der Waals surface area contributed by atoms with E-state index in [1.54, 1.807) is 42.4 Å². The van der Waals surface area contributed by atoms with E-state index in [1.165, 1.54) is 5.56 Å². The molecule has 1 aromatic carbocycles. The number of thioether (sulfide) groups is 1. The third-order valence-corrected chi connectivity index (χ3v) is 4.32. The van der Waals surface area contributed by atoms with Gasteiger partial charge in [0.1, 0.15) is 5.03 Å². The zero-order chi connectivity index (χ0) is 16.8. The molecule has 2 heterocycles. The van der Waals surface area contributed by atoms with Crippen LogP contribution in [-0.4, -0.2) is 21.1 Å². The molecule has 24 heavy (non-hydrogen) atoms. The molecule has 1 N–H and O–H groups in total. The van der Waals surface area contributed by atoms with Crippen molar-refractivity contribution in [3.63, 3.8) is 0 Å². The van der Waals surface area contributed by atoms with Crippen LogP contribution in [-0.2, 0) is 5.75 Å². The van der Waals surface area contributed by atoms with Gasteiger partial charge in [-0.05, 0) is 48.9 Å². The van der Waals surface area contributed by atoms with Gasteiger partial charge in [-0.1, -0.05) is 29.5 Å². The maximum absolute atomic E-state index is 12.1. The highest BCUT2D eigenvalue weighted by Gasteiger charge is 2.07. The minimum absolute atomic E-state index is 0.193. The van der Waals surface area contributed by atoms with Gasteiger partial charge in [-0.2, -0.15) is 0 Å². The highest BCUT2D eigenvalue weighted by molar-refractivity contribution is 7.98. The topological polar surface area (TPSA) is 67.8 Å². The van der Waals surface area contributed by atoms with Gasteiger partial charge in [0.15, 0.2) is 5.82 Å². The number of carbonyl (C=O) groups is 1. The lowest BCUT2D eigenvalue weighted by atomic mass is 10.1. The minimum Gasteiger partial charge on any atom is -0.305 e. The number of anilines is 1. The van der Waals surface area contributed by atoms with Crippen LogP contribution in [0, 0.1) is 6.92 Å². The van der Waals surface area contributed by atoms with E-state index in [0.29, 0.717) is 11.4 Å². The van der Waals surface area contributed by atoms with Crippen LogP contribution >= 0.6 is 11.8 Å². The van der Waals surface area contributed by atoms with Gasteiger partial charge in [0, 0.05) is 23.7 Å². The molecular weight excluding hydrogens is 320 g/mol. The molecule has 0 saturated heterocycles. The standard InChI is InChI=1S/C18H16N4OS/c1-13-2-4-15(5-3-13)18(23)20-16-6-7-17(22-21-16)24-12-14-8-10-19-11-9-14/h2-11H,12H2,1H3,(H,20,21,23). The minimum atomic E-state index is -0.193. The lowest BCUT2D eigenvalue weighted by Gasteiger charge is -2.05. The zero-order valence-electron chi connectivity index (χ0n) is 13.1. The maximum atomic E-state index is 12.1. The summed E-state index contributed by atoms with van der Waals surface area (Å²) in [6, 6.07) is 14.9. The Kier molecular flexibility index (Phi) is 5.18. The summed E-state index contributed by atoms with van der Waals surface area (Å²) in [5.74, 6) is 1.04. The van der Waals surface area contributed by atoms with Crippen molar-refractivity contribution < 1.29 is 4.79 Å². The van der Waals surface area contributed by atoms with E-state index < -0.39 is 0 Å². The number of benzene rings is 1. The molecule has 0 saturated carbocycles. The second-order valence-corrected chi connectivity index (χ2v) is 6.22. The first-order chi connectivity index (χ1) is 11.7. The smallest absolute Gasteiger partial charge is 0.256 e. The fourth-order valence-electron chi connectivity index (χ4n) is 1.99. The van der Waals surface area contributed by atoms with E-state index in [-0.39, 0.29) is 5.91 Å². The molecule has 0 aliphatic heterocycles. The fourth-order valence-corrected chi connectivity index (χ4v) is 2.76. The molecule has 5 nitrogen and oxygen atoms in total. The van der Waals surface area contributed by atoms with Crippen LogP contribution in [0.1, 0.15) is 21.5 Å². The highest BCUT2D eigenvalue weighted by Crippen LogP contribution is 2.20. The molecule has 0 aliphatic rings. The molecular formula is C18H16N4OS. The summed E-state index contributed by atoms with van der Waals surface area (Å²) in [5.41, 5.74) is 2.88. The van der Waals surface area contributed by atoms with Crippen molar-refractivity contribution in [2.75, 3.05) is 5.32 Å². The number of hydrogen-bond acceptors (Lipinski definition) is 5. The Morgan fingerprint density at radius 1 is 1.00 bits per heavy atom. The van der Waals surface area contributed by atoms with Crippen LogP contribution in [0.3, 0.4) is 0 Å². The maximum Gasteiger partial charge on any atom is 0.256 e. The third-order valence-electron chi connectivity index (χ3n) is 3.33. The Morgan fingerprint density at radius 2 is 1.75 bits per heavy atom. The van der Waals surface area contributed by atoms with Gasteiger partial charge in [0.2, 0.25) is 0 Å². The van der Waals surface area contributed by atoms with Crippen molar-refractivity contribution in [3.8, 4) is 0 Å². The van der Waals surface area contributed by atoms with E-state index in [4.69, 9.17) is 0 Å². The number of rotatable bonds is 5. The number of nitrogens with zero attached hydrogens (tertiary/aromatic N) is 3. The number of carbonyl (C=O) groups excluding carboxylic acids is 1. The largest absolute Gasteiger partial charge is 0.305 e. The Labute approximate surface area is 144 Å². The molecule has 1 amide bonds. The first-order valence-corrected chi connectivity index (χ1v) is 8.43. The molecule has 0 fully saturated rings. The highest BCUT2D eigenvalue weighted by atomic mass is 32.2. The molecule has 0 unspecified atom stereocenters. The van der Waals surface area contributed by atoms with Gasteiger partial charge in [0.25, 0.3) is 5.91 Å². The number of hydrogen-bond donors (Lipinski definition) is 1. The lowest BCUT2D eigenvalue weighted by Crippen LogP contribution is -2.13. The second kappa shape index (κ2) is 7.70. The van der Waals surface area contributed by atoms with Gasteiger partial charge >= 0.3 is 0 Å². The number of aromatic nitrogens is 3. The van der Waals surface area contributed by atoms with E-state index in [9.17, 15) is 4.79 Å². The monoisotopic (exact) mass is 336 g/mol. The summed E-state index contributed by atoms with van der Waals surface area (Å²) in [7, 11) is 0. The van der Waals surface area contributed by atoms with Gasteiger partial charge in [-0.3, -0.25) is 9.78 Å². The van der Waals surface area contributed by atoms with Crippen molar-refractivity contribution in [2.45, 2.75) is 17.7 Å². The molecule has 2 aromatic heterocycles. The average molecular weight is 336 g/mol. The van der Waals surface area contributed by atoms with Crippen LogP contribution in [0.25, 0.3) is 0 Å². The molecule has 0 aliphatic carbocycles. The third kappa shape index (κ3) is 4.39. The molecule has 6 heteroatoms. The molecule has 0 spiro atoms. The quantitative estimate of drug-likeness (QED) is 0.719. The van der Waals surface area contributed by atoms with Crippen molar-refractivity contribution in [1.82, 2.24) is 15.2 Å².